The topological polar surface area (TPSA) is 133 Å². The molecule has 0 atom stereocenters. The molecule has 0 unspecified atom stereocenters. The Morgan fingerprint density at radius 2 is 1.05 bits per heavy atom. The van der Waals surface area contributed by atoms with Gasteiger partial charge in [0.15, 0.2) is 0 Å². The van der Waals surface area contributed by atoms with Crippen molar-refractivity contribution in [3.63, 3.8) is 0 Å². The summed E-state index contributed by atoms with van der Waals surface area (Å²) in [6.07, 6.45) is -0.668. The number of carbonyl (C=O) groups excluding carboxylic acids is 2. The van der Waals surface area contributed by atoms with Crippen LogP contribution >= 0.6 is 0 Å². The minimum Gasteiger partial charge on any atom is -0.478 e. The number of hydrogen-bond acceptors (Lipinski definition) is 4. The molecule has 0 aliphatic heterocycles. The molecule has 0 aromatic carbocycles. The van der Waals surface area contributed by atoms with Crippen LogP contribution in [0.4, 0.5) is 0 Å². The van der Waals surface area contributed by atoms with Crippen LogP contribution in [0.15, 0.2) is 24.3 Å². The molecular weight excluding hydrogens is 268 g/mol. The van der Waals surface area contributed by atoms with Crippen LogP contribution in [0.5, 0.6) is 0 Å². The van der Waals surface area contributed by atoms with Gasteiger partial charge in [-0.15, -0.1) is 0 Å². The summed E-state index contributed by atoms with van der Waals surface area (Å²) in [7, 11) is 0. The third-order valence-electron chi connectivity index (χ3n) is 2.12. The average molecular weight is 284 g/mol. The van der Waals surface area contributed by atoms with Crippen LogP contribution in [0.2, 0.25) is 0 Å². The van der Waals surface area contributed by atoms with E-state index < -0.39 is 23.8 Å². The maximum atomic E-state index is 11.2. The van der Waals surface area contributed by atoms with E-state index >= 15 is 0 Å². The van der Waals surface area contributed by atoms with E-state index in [4.69, 9.17) is 10.2 Å². The second-order valence-corrected chi connectivity index (χ2v) is 3.87. The third-order valence-corrected chi connectivity index (χ3v) is 2.12. The van der Waals surface area contributed by atoms with Gasteiger partial charge in [-0.1, -0.05) is 13.2 Å². The largest absolute Gasteiger partial charge is 0.478 e. The van der Waals surface area contributed by atoms with Gasteiger partial charge in [0.25, 0.3) is 0 Å². The molecule has 0 heterocycles. The van der Waals surface area contributed by atoms with Crippen LogP contribution in [0, 0.1) is 0 Å². The molecule has 20 heavy (non-hydrogen) atoms. The van der Waals surface area contributed by atoms with Gasteiger partial charge < -0.3 is 20.8 Å². The molecule has 0 aromatic rings. The zero-order valence-corrected chi connectivity index (χ0v) is 10.8. The molecular formula is C12H16N2O6. The minimum atomic E-state index is -1.25. The SMILES string of the molecule is C=C(CC(=O)NCCNC(=O)CC(=C)C(=O)O)C(=O)O. The van der Waals surface area contributed by atoms with Crippen molar-refractivity contribution >= 4 is 23.8 Å². The second kappa shape index (κ2) is 8.46. The van der Waals surface area contributed by atoms with Crippen LogP contribution in [-0.4, -0.2) is 47.1 Å². The molecule has 0 bridgehead atoms. The Morgan fingerprint density at radius 3 is 1.30 bits per heavy atom. The van der Waals surface area contributed by atoms with Gasteiger partial charge in [-0.05, 0) is 0 Å². The third kappa shape index (κ3) is 7.64. The Labute approximate surface area is 115 Å². The zero-order valence-electron chi connectivity index (χ0n) is 10.8. The molecule has 0 aromatic heterocycles. The fraction of sp³-hybridized carbons (Fsp3) is 0.333. The molecule has 0 fully saturated rings. The lowest BCUT2D eigenvalue weighted by Crippen LogP contribution is -2.35. The van der Waals surface area contributed by atoms with Crippen molar-refractivity contribution in [2.24, 2.45) is 0 Å². The summed E-state index contributed by atoms with van der Waals surface area (Å²) in [5, 5.41) is 21.8. The van der Waals surface area contributed by atoms with Gasteiger partial charge in [-0.3, -0.25) is 9.59 Å². The fourth-order valence-electron chi connectivity index (χ4n) is 1.07. The highest BCUT2D eigenvalue weighted by atomic mass is 16.4. The monoisotopic (exact) mass is 284 g/mol. The number of rotatable bonds is 9. The van der Waals surface area contributed by atoms with Crippen molar-refractivity contribution in [2.75, 3.05) is 13.1 Å². The van der Waals surface area contributed by atoms with E-state index in [0.29, 0.717) is 0 Å². The molecule has 0 radical (unpaired) electrons. The summed E-state index contributed by atoms with van der Waals surface area (Å²) >= 11 is 0. The Morgan fingerprint density at radius 1 is 0.750 bits per heavy atom. The van der Waals surface area contributed by atoms with Crippen LogP contribution in [0.1, 0.15) is 12.8 Å². The van der Waals surface area contributed by atoms with Gasteiger partial charge in [0.2, 0.25) is 11.8 Å². The van der Waals surface area contributed by atoms with E-state index in [9.17, 15) is 19.2 Å². The molecule has 0 saturated carbocycles. The van der Waals surface area contributed by atoms with E-state index in [0.717, 1.165) is 0 Å². The quantitative estimate of drug-likeness (QED) is 0.326. The van der Waals surface area contributed by atoms with Crippen LogP contribution in [-0.2, 0) is 19.2 Å². The van der Waals surface area contributed by atoms with E-state index in [1.165, 1.54) is 0 Å². The van der Waals surface area contributed by atoms with Gasteiger partial charge >= 0.3 is 11.9 Å². The highest BCUT2D eigenvalue weighted by Crippen LogP contribution is 1.97. The van der Waals surface area contributed by atoms with Crippen molar-refractivity contribution in [1.82, 2.24) is 10.6 Å². The van der Waals surface area contributed by atoms with Gasteiger partial charge in [-0.2, -0.15) is 0 Å². The van der Waals surface area contributed by atoms with Gasteiger partial charge in [0.1, 0.15) is 0 Å². The first-order valence-electron chi connectivity index (χ1n) is 5.59. The van der Waals surface area contributed by atoms with Gasteiger partial charge in [-0.25, -0.2) is 9.59 Å². The number of hydrogen-bond donors (Lipinski definition) is 4. The molecule has 4 N–H and O–H groups in total. The summed E-state index contributed by atoms with van der Waals surface area (Å²) in [4.78, 5) is 43.3. The number of amides is 2. The molecule has 0 saturated heterocycles. The highest BCUT2D eigenvalue weighted by Gasteiger charge is 2.11. The van der Waals surface area contributed by atoms with Crippen molar-refractivity contribution in [3.05, 3.63) is 24.3 Å². The Kier molecular flexibility index (Phi) is 7.34. The summed E-state index contributed by atoms with van der Waals surface area (Å²) in [6.45, 7) is 6.60. The Hall–Kier alpha value is -2.64. The molecule has 8 heteroatoms. The van der Waals surface area contributed by atoms with E-state index in [1.54, 1.807) is 0 Å². The number of carbonyl (C=O) groups is 4. The summed E-state index contributed by atoms with van der Waals surface area (Å²) < 4.78 is 0. The second-order valence-electron chi connectivity index (χ2n) is 3.87. The number of aliphatic carboxylic acids is 2. The summed E-state index contributed by atoms with van der Waals surface area (Å²) in [6, 6.07) is 0. The molecule has 2 amide bonds. The normalized spacial score (nSPS) is 9.40. The highest BCUT2D eigenvalue weighted by molar-refractivity contribution is 5.94. The predicted molar refractivity (Wildman–Crippen MR) is 68.8 cm³/mol. The fourth-order valence-corrected chi connectivity index (χ4v) is 1.07. The number of carboxylic acids is 2. The summed E-state index contributed by atoms with van der Waals surface area (Å²) in [5.74, 6) is -3.55. The van der Waals surface area contributed by atoms with E-state index in [2.05, 4.69) is 23.8 Å². The first-order chi connectivity index (χ1) is 9.23. The lowest BCUT2D eigenvalue weighted by Gasteiger charge is -2.07. The molecule has 0 spiro atoms. The van der Waals surface area contributed by atoms with E-state index in [-0.39, 0.29) is 37.1 Å². The van der Waals surface area contributed by atoms with Crippen molar-refractivity contribution in [2.45, 2.75) is 12.8 Å². The van der Waals surface area contributed by atoms with E-state index in [1.807, 2.05) is 0 Å². The maximum Gasteiger partial charge on any atom is 0.331 e. The lowest BCUT2D eigenvalue weighted by atomic mass is 10.2. The average Bonchev–Trinajstić information content (AvgIpc) is 2.34. The Balaban J connectivity index is 3.81. The number of nitrogens with one attached hydrogen (secondary N) is 2. The molecule has 8 nitrogen and oxygen atoms in total. The number of carboxylic acid groups (broad SMARTS) is 2. The van der Waals surface area contributed by atoms with Crippen molar-refractivity contribution in [1.29, 1.82) is 0 Å². The van der Waals surface area contributed by atoms with Gasteiger partial charge in [0.05, 0.1) is 12.8 Å². The smallest absolute Gasteiger partial charge is 0.331 e. The molecule has 0 aliphatic carbocycles. The first kappa shape index (κ1) is 17.4. The standard InChI is InChI=1S/C12H16N2O6/c1-7(11(17)18)5-9(15)13-3-4-14-10(16)6-8(2)12(19)20/h1-6H2,(H,13,15)(H,14,16)(H,17,18)(H,19,20). The molecule has 110 valence electrons. The van der Waals surface area contributed by atoms with Crippen LogP contribution in [0.25, 0.3) is 0 Å². The van der Waals surface area contributed by atoms with Gasteiger partial charge in [0, 0.05) is 24.2 Å². The molecule has 0 aliphatic rings. The minimum absolute atomic E-state index is 0.0943. The first-order valence-corrected chi connectivity index (χ1v) is 5.59. The van der Waals surface area contributed by atoms with Crippen molar-refractivity contribution < 1.29 is 29.4 Å². The molecule has 0 rings (SSSR count). The predicted octanol–water partition coefficient (Wildman–Crippen LogP) is -0.719. The summed E-state index contributed by atoms with van der Waals surface area (Å²) in [5.41, 5.74) is -0.464. The van der Waals surface area contributed by atoms with Crippen LogP contribution in [0.3, 0.4) is 0 Å². The zero-order chi connectivity index (χ0) is 15.7. The Bertz CT molecular complexity index is 413. The maximum absolute atomic E-state index is 11.2. The van der Waals surface area contributed by atoms with Crippen molar-refractivity contribution in [3.8, 4) is 0 Å². The lowest BCUT2D eigenvalue weighted by molar-refractivity contribution is -0.134. The van der Waals surface area contributed by atoms with Crippen LogP contribution < -0.4 is 10.6 Å².